The molecular formula is C30H41NO4. The van der Waals surface area contributed by atoms with Crippen molar-refractivity contribution in [3.05, 3.63) is 41.1 Å². The van der Waals surface area contributed by atoms with Crippen molar-refractivity contribution in [2.24, 2.45) is 29.1 Å². The highest BCUT2D eigenvalue weighted by atomic mass is 16.6. The quantitative estimate of drug-likeness (QED) is 0.455. The second-order valence-corrected chi connectivity index (χ2v) is 12.2. The van der Waals surface area contributed by atoms with Gasteiger partial charge in [0.15, 0.2) is 6.61 Å². The van der Waals surface area contributed by atoms with Gasteiger partial charge in [0.1, 0.15) is 6.10 Å². The molecule has 4 rings (SSSR count). The molecule has 1 heterocycles. The van der Waals surface area contributed by atoms with Crippen LogP contribution in [-0.4, -0.2) is 29.6 Å². The summed E-state index contributed by atoms with van der Waals surface area (Å²) in [4.78, 5) is 31.1. The topological polar surface area (TPSA) is 65.5 Å². The van der Waals surface area contributed by atoms with Crippen LogP contribution in [0.15, 0.2) is 24.3 Å². The molecule has 35 heavy (non-hydrogen) atoms. The number of fused-ring (bicyclic) bond motifs is 2. The third-order valence-corrected chi connectivity index (χ3v) is 8.25. The molecule has 0 aliphatic heterocycles. The number of benzene rings is 1. The number of hydrogen-bond donors (Lipinski definition) is 0. The number of aromatic nitrogens is 1. The first-order valence-electron chi connectivity index (χ1n) is 13.3. The summed E-state index contributed by atoms with van der Waals surface area (Å²) in [6, 6.07) is 7.72. The van der Waals surface area contributed by atoms with Crippen molar-refractivity contribution in [3.63, 3.8) is 0 Å². The molecule has 2 aliphatic carbocycles. The number of nitrogens with zero attached hydrogens (tertiary/aromatic N) is 1. The predicted octanol–water partition coefficient (Wildman–Crippen LogP) is 6.55. The summed E-state index contributed by atoms with van der Waals surface area (Å²) < 4.78 is 11.5. The Hall–Kier alpha value is -2.43. The van der Waals surface area contributed by atoms with E-state index in [9.17, 15) is 9.59 Å². The minimum atomic E-state index is -0.456. The third kappa shape index (κ3) is 5.70. The van der Waals surface area contributed by atoms with Crippen molar-refractivity contribution >= 4 is 22.8 Å². The highest BCUT2D eigenvalue weighted by Crippen LogP contribution is 2.40. The van der Waals surface area contributed by atoms with E-state index in [0.29, 0.717) is 29.2 Å². The lowest BCUT2D eigenvalue weighted by molar-refractivity contribution is -0.159. The summed E-state index contributed by atoms with van der Waals surface area (Å²) in [5.74, 6) is 0.892. The fourth-order valence-electron chi connectivity index (χ4n) is 6.01. The number of rotatable bonds is 5. The van der Waals surface area contributed by atoms with Crippen molar-refractivity contribution in [1.82, 2.24) is 4.98 Å². The normalized spacial score (nSPS) is 24.8. The smallest absolute Gasteiger partial charge is 0.344 e. The van der Waals surface area contributed by atoms with Gasteiger partial charge in [0.25, 0.3) is 0 Å². The van der Waals surface area contributed by atoms with E-state index >= 15 is 0 Å². The van der Waals surface area contributed by atoms with Crippen LogP contribution in [0.25, 0.3) is 10.9 Å². The van der Waals surface area contributed by atoms with Crippen LogP contribution in [-0.2, 0) is 27.1 Å². The van der Waals surface area contributed by atoms with Crippen LogP contribution >= 0.6 is 0 Å². The zero-order valence-corrected chi connectivity index (χ0v) is 22.2. The van der Waals surface area contributed by atoms with Crippen LogP contribution in [0, 0.1) is 29.1 Å². The number of ether oxygens (including phenoxy) is 2. The minimum absolute atomic E-state index is 0.105. The molecule has 0 saturated heterocycles. The first kappa shape index (κ1) is 25.7. The number of esters is 2. The molecule has 0 bridgehead atoms. The molecule has 1 aromatic heterocycles. The van der Waals surface area contributed by atoms with E-state index in [1.165, 1.54) is 6.42 Å². The van der Waals surface area contributed by atoms with Gasteiger partial charge in [-0.05, 0) is 72.8 Å². The average Bonchev–Trinajstić information content (AvgIpc) is 2.79. The van der Waals surface area contributed by atoms with Gasteiger partial charge in [-0.25, -0.2) is 9.59 Å². The van der Waals surface area contributed by atoms with Gasteiger partial charge in [-0.3, -0.25) is 4.98 Å². The summed E-state index contributed by atoms with van der Waals surface area (Å²) in [6.45, 7) is 13.0. The Labute approximate surface area is 210 Å². The van der Waals surface area contributed by atoms with E-state index in [4.69, 9.17) is 14.5 Å². The van der Waals surface area contributed by atoms with Crippen LogP contribution < -0.4 is 0 Å². The van der Waals surface area contributed by atoms with E-state index in [1.54, 1.807) is 0 Å². The molecule has 0 N–H and O–H groups in total. The summed E-state index contributed by atoms with van der Waals surface area (Å²) >= 11 is 0. The Morgan fingerprint density at radius 1 is 1.11 bits per heavy atom. The lowest BCUT2D eigenvalue weighted by Crippen LogP contribution is -2.37. The van der Waals surface area contributed by atoms with Crippen LogP contribution in [0.2, 0.25) is 0 Å². The summed E-state index contributed by atoms with van der Waals surface area (Å²) in [5, 5.41) is 0.792. The fraction of sp³-hybridized carbons (Fsp3) is 0.633. The highest BCUT2D eigenvalue weighted by molar-refractivity contribution is 6.05. The lowest BCUT2D eigenvalue weighted by atomic mass is 9.70. The van der Waals surface area contributed by atoms with E-state index in [0.717, 1.165) is 54.3 Å². The van der Waals surface area contributed by atoms with Crippen molar-refractivity contribution in [2.75, 3.05) is 6.61 Å². The van der Waals surface area contributed by atoms with Crippen molar-refractivity contribution < 1.29 is 19.1 Å². The fourth-order valence-corrected chi connectivity index (χ4v) is 6.01. The van der Waals surface area contributed by atoms with Gasteiger partial charge >= 0.3 is 11.9 Å². The molecule has 0 unspecified atom stereocenters. The molecule has 0 radical (unpaired) electrons. The maximum atomic E-state index is 13.5. The maximum Gasteiger partial charge on any atom is 0.344 e. The SMILES string of the molecule is CC(C)[C@H]1CC[C@@H](C)C[C@@H]1OC(=O)COC(=O)c1c2c(nc3ccccc13)CC[C@H](C(C)(C)C)C2. The molecule has 5 heteroatoms. The molecule has 5 nitrogen and oxygen atoms in total. The number of para-hydroxylation sites is 1. The van der Waals surface area contributed by atoms with Crippen LogP contribution in [0.4, 0.5) is 0 Å². The predicted molar refractivity (Wildman–Crippen MR) is 138 cm³/mol. The molecule has 0 amide bonds. The van der Waals surface area contributed by atoms with Crippen molar-refractivity contribution in [3.8, 4) is 0 Å². The minimum Gasteiger partial charge on any atom is -0.460 e. The molecule has 0 spiro atoms. The molecule has 2 aromatic rings. The number of carbonyl (C=O) groups excluding carboxylic acids is 2. The van der Waals surface area contributed by atoms with Crippen LogP contribution in [0.5, 0.6) is 0 Å². The Kier molecular flexibility index (Phi) is 7.54. The zero-order valence-electron chi connectivity index (χ0n) is 22.2. The van der Waals surface area contributed by atoms with Gasteiger partial charge in [0, 0.05) is 11.1 Å². The van der Waals surface area contributed by atoms with E-state index < -0.39 is 11.9 Å². The molecule has 1 fully saturated rings. The Balaban J connectivity index is 1.53. The standard InChI is InChI=1S/C30H41NO4/c1-18(2)21-13-11-19(3)15-26(21)35-27(32)17-34-29(33)28-22-9-7-8-10-24(22)31-25-14-12-20(16-23(25)28)30(4,5)6/h7-10,18-21,26H,11-17H2,1-6H3/t19-,20+,21-,26+/m1/s1. The maximum absolute atomic E-state index is 13.5. The third-order valence-electron chi connectivity index (χ3n) is 8.25. The molecule has 1 saturated carbocycles. The summed E-state index contributed by atoms with van der Waals surface area (Å²) in [6.07, 6.45) is 5.70. The molecule has 190 valence electrons. The first-order chi connectivity index (χ1) is 16.5. The van der Waals surface area contributed by atoms with Gasteiger partial charge in [-0.15, -0.1) is 0 Å². The monoisotopic (exact) mass is 479 g/mol. The number of pyridine rings is 1. The van der Waals surface area contributed by atoms with Crippen molar-refractivity contribution in [2.45, 2.75) is 86.2 Å². The largest absolute Gasteiger partial charge is 0.460 e. The van der Waals surface area contributed by atoms with E-state index in [-0.39, 0.29) is 18.1 Å². The second kappa shape index (κ2) is 10.3. The molecule has 4 atom stereocenters. The Bertz CT molecular complexity index is 1080. The van der Waals surface area contributed by atoms with Crippen LogP contribution in [0.1, 0.15) is 88.8 Å². The average molecular weight is 480 g/mol. The van der Waals surface area contributed by atoms with Gasteiger partial charge in [-0.2, -0.15) is 0 Å². The molecule has 1 aromatic carbocycles. The highest BCUT2D eigenvalue weighted by Gasteiger charge is 2.35. The van der Waals surface area contributed by atoms with Gasteiger partial charge in [-0.1, -0.05) is 66.2 Å². The number of aryl methyl sites for hydroxylation is 1. The van der Waals surface area contributed by atoms with Crippen molar-refractivity contribution in [1.29, 1.82) is 0 Å². The second-order valence-electron chi connectivity index (χ2n) is 12.2. The Morgan fingerprint density at radius 2 is 1.86 bits per heavy atom. The van der Waals surface area contributed by atoms with Gasteiger partial charge in [0.05, 0.1) is 11.1 Å². The number of carbonyl (C=O) groups is 2. The summed E-state index contributed by atoms with van der Waals surface area (Å²) in [5.41, 5.74) is 3.46. The number of hydrogen-bond acceptors (Lipinski definition) is 5. The van der Waals surface area contributed by atoms with E-state index in [2.05, 4.69) is 41.5 Å². The zero-order chi connectivity index (χ0) is 25.3. The molecule has 2 aliphatic rings. The van der Waals surface area contributed by atoms with Crippen LogP contribution in [0.3, 0.4) is 0 Å². The van der Waals surface area contributed by atoms with Gasteiger partial charge in [0.2, 0.25) is 0 Å². The van der Waals surface area contributed by atoms with E-state index in [1.807, 2.05) is 24.3 Å². The van der Waals surface area contributed by atoms with Gasteiger partial charge < -0.3 is 9.47 Å². The Morgan fingerprint density at radius 3 is 2.57 bits per heavy atom. The lowest BCUT2D eigenvalue weighted by Gasteiger charge is -2.36. The molecular weight excluding hydrogens is 438 g/mol. The summed E-state index contributed by atoms with van der Waals surface area (Å²) in [7, 11) is 0. The first-order valence-corrected chi connectivity index (χ1v) is 13.3.